The van der Waals surface area contributed by atoms with Gasteiger partial charge in [-0.15, -0.1) is 0 Å². The van der Waals surface area contributed by atoms with Crippen molar-refractivity contribution in [3.63, 3.8) is 0 Å². The summed E-state index contributed by atoms with van der Waals surface area (Å²) < 4.78 is 51.3. The molecule has 0 aliphatic carbocycles. The van der Waals surface area contributed by atoms with E-state index >= 15 is 0 Å². The highest BCUT2D eigenvalue weighted by molar-refractivity contribution is 5.78. The summed E-state index contributed by atoms with van der Waals surface area (Å²) in [5, 5.41) is 0. The summed E-state index contributed by atoms with van der Waals surface area (Å²) in [5.74, 6) is 0.273. The van der Waals surface area contributed by atoms with Gasteiger partial charge in [-0.25, -0.2) is 4.98 Å². The van der Waals surface area contributed by atoms with Gasteiger partial charge in [0.2, 0.25) is 0 Å². The van der Waals surface area contributed by atoms with Crippen LogP contribution in [-0.2, 0) is 17.5 Å². The summed E-state index contributed by atoms with van der Waals surface area (Å²) in [6.07, 6.45) is -3.27. The molecule has 2 atom stereocenters. The molecule has 2 aromatic rings. The van der Waals surface area contributed by atoms with Crippen LogP contribution in [0.2, 0.25) is 0 Å². The zero-order valence-corrected chi connectivity index (χ0v) is 13.6. The normalized spacial score (nSPS) is 24.6. The number of halogens is 3. The smallest absolute Gasteiger partial charge is 0.420 e. The Bertz CT molecular complexity index is 769. The van der Waals surface area contributed by atoms with Gasteiger partial charge < -0.3 is 9.15 Å². The predicted octanol–water partition coefficient (Wildman–Crippen LogP) is 3.94. The number of rotatable bonds is 3. The van der Waals surface area contributed by atoms with E-state index in [-0.39, 0.29) is 23.1 Å². The van der Waals surface area contributed by atoms with E-state index in [1.54, 1.807) is 6.07 Å². The van der Waals surface area contributed by atoms with E-state index in [9.17, 15) is 13.2 Å². The fraction of sp³-hybridized carbons (Fsp3) is 0.588. The van der Waals surface area contributed by atoms with Gasteiger partial charge in [0, 0.05) is 25.0 Å². The Hall–Kier alpha value is -1.60. The van der Waals surface area contributed by atoms with Gasteiger partial charge in [0.1, 0.15) is 11.1 Å². The molecule has 2 aliphatic heterocycles. The third kappa shape index (κ3) is 2.69. The van der Waals surface area contributed by atoms with Gasteiger partial charge in [-0.1, -0.05) is 13.8 Å². The quantitative estimate of drug-likeness (QED) is 0.848. The monoisotopic (exact) mass is 340 g/mol. The molecule has 4 nitrogen and oxygen atoms in total. The maximum Gasteiger partial charge on any atom is 0.420 e. The molecule has 2 bridgehead atoms. The first-order valence-corrected chi connectivity index (χ1v) is 8.17. The third-order valence-corrected chi connectivity index (χ3v) is 4.77. The van der Waals surface area contributed by atoms with Crippen molar-refractivity contribution in [3.8, 4) is 0 Å². The summed E-state index contributed by atoms with van der Waals surface area (Å²) in [6, 6.07) is 3.22. The molecule has 0 radical (unpaired) electrons. The van der Waals surface area contributed by atoms with Crippen LogP contribution in [0.15, 0.2) is 16.5 Å². The SMILES string of the molecule is CC(C)c1nc2cc(CN3CC4CC3CO4)cc(C(F)(F)F)c2o1. The lowest BCUT2D eigenvalue weighted by atomic mass is 10.1. The van der Waals surface area contributed by atoms with Gasteiger partial charge in [-0.2, -0.15) is 13.2 Å². The van der Waals surface area contributed by atoms with Gasteiger partial charge in [0.05, 0.1) is 12.7 Å². The maximum atomic E-state index is 13.5. The topological polar surface area (TPSA) is 38.5 Å². The van der Waals surface area contributed by atoms with Gasteiger partial charge in [-0.05, 0) is 24.1 Å². The molecule has 2 saturated heterocycles. The summed E-state index contributed by atoms with van der Waals surface area (Å²) in [7, 11) is 0. The fourth-order valence-corrected chi connectivity index (χ4v) is 3.56. The summed E-state index contributed by atoms with van der Waals surface area (Å²) in [6.45, 7) is 5.62. The van der Waals surface area contributed by atoms with Gasteiger partial charge in [0.15, 0.2) is 11.5 Å². The van der Waals surface area contributed by atoms with Crippen LogP contribution in [0.3, 0.4) is 0 Å². The van der Waals surface area contributed by atoms with E-state index < -0.39 is 11.7 Å². The lowest BCUT2D eigenvalue weighted by molar-refractivity contribution is -0.136. The van der Waals surface area contributed by atoms with Crippen molar-refractivity contribution in [1.29, 1.82) is 0 Å². The maximum absolute atomic E-state index is 13.5. The first-order valence-electron chi connectivity index (χ1n) is 8.17. The molecular weight excluding hydrogens is 321 g/mol. The van der Waals surface area contributed by atoms with E-state index in [2.05, 4.69) is 9.88 Å². The Morgan fingerprint density at radius 1 is 1.33 bits per heavy atom. The summed E-state index contributed by atoms with van der Waals surface area (Å²) in [5.41, 5.74) is -0.00801. The molecule has 24 heavy (non-hydrogen) atoms. The molecule has 1 aromatic heterocycles. The molecule has 0 amide bonds. The number of fused-ring (bicyclic) bond motifs is 3. The highest BCUT2D eigenvalue weighted by Gasteiger charge is 2.40. The van der Waals surface area contributed by atoms with Crippen LogP contribution in [0.5, 0.6) is 0 Å². The van der Waals surface area contributed by atoms with Crippen LogP contribution in [0.1, 0.15) is 43.2 Å². The molecule has 4 rings (SSSR count). The number of hydrogen-bond donors (Lipinski definition) is 0. The molecule has 0 spiro atoms. The van der Waals surface area contributed by atoms with Crippen molar-refractivity contribution in [2.24, 2.45) is 0 Å². The number of morpholine rings is 1. The van der Waals surface area contributed by atoms with E-state index in [0.29, 0.717) is 30.6 Å². The predicted molar refractivity (Wildman–Crippen MR) is 81.7 cm³/mol. The van der Waals surface area contributed by atoms with Crippen LogP contribution >= 0.6 is 0 Å². The highest BCUT2D eigenvalue weighted by Crippen LogP contribution is 2.38. The molecular formula is C17H19F3N2O2. The van der Waals surface area contributed by atoms with Crippen LogP contribution in [0, 0.1) is 0 Å². The number of likely N-dealkylation sites (tertiary alicyclic amines) is 1. The Morgan fingerprint density at radius 2 is 2.12 bits per heavy atom. The first kappa shape index (κ1) is 15.9. The van der Waals surface area contributed by atoms with E-state index in [1.807, 2.05) is 13.8 Å². The van der Waals surface area contributed by atoms with E-state index in [4.69, 9.17) is 9.15 Å². The second-order valence-electron chi connectivity index (χ2n) is 6.97. The van der Waals surface area contributed by atoms with Crippen molar-refractivity contribution >= 4 is 11.1 Å². The minimum absolute atomic E-state index is 0.0617. The van der Waals surface area contributed by atoms with Crippen LogP contribution in [0.4, 0.5) is 13.2 Å². The molecule has 0 N–H and O–H groups in total. The molecule has 2 fully saturated rings. The molecule has 1 aromatic carbocycles. The minimum atomic E-state index is -4.46. The lowest BCUT2D eigenvalue weighted by Crippen LogP contribution is -2.36. The van der Waals surface area contributed by atoms with Crippen LogP contribution in [-0.4, -0.2) is 35.2 Å². The molecule has 2 unspecified atom stereocenters. The average molecular weight is 340 g/mol. The highest BCUT2D eigenvalue weighted by atomic mass is 19.4. The molecule has 0 saturated carbocycles. The molecule has 2 aliphatic rings. The number of ether oxygens (including phenoxy) is 1. The summed E-state index contributed by atoms with van der Waals surface area (Å²) >= 11 is 0. The zero-order chi connectivity index (χ0) is 17.1. The van der Waals surface area contributed by atoms with E-state index in [0.717, 1.165) is 13.0 Å². The lowest BCUT2D eigenvalue weighted by Gasteiger charge is -2.26. The van der Waals surface area contributed by atoms with Crippen LogP contribution in [0.25, 0.3) is 11.1 Å². The number of oxazole rings is 1. The standard InChI is InChI=1S/C17H19F3N2O2/c1-9(2)16-21-14-4-10(3-13(15(14)24-16)17(18,19)20)6-22-7-12-5-11(22)8-23-12/h3-4,9,11-12H,5-8H2,1-2H3. The Labute approximate surface area is 137 Å². The van der Waals surface area contributed by atoms with Crippen molar-refractivity contribution in [1.82, 2.24) is 9.88 Å². The van der Waals surface area contributed by atoms with Crippen molar-refractivity contribution in [2.75, 3.05) is 13.2 Å². The van der Waals surface area contributed by atoms with Crippen molar-refractivity contribution < 1.29 is 22.3 Å². The van der Waals surface area contributed by atoms with Crippen molar-refractivity contribution in [3.05, 3.63) is 29.2 Å². The second-order valence-corrected chi connectivity index (χ2v) is 6.97. The first-order chi connectivity index (χ1) is 11.3. The number of benzene rings is 1. The average Bonchev–Trinajstić information content (AvgIpc) is 3.19. The minimum Gasteiger partial charge on any atom is -0.440 e. The third-order valence-electron chi connectivity index (χ3n) is 4.77. The largest absolute Gasteiger partial charge is 0.440 e. The molecule has 3 heterocycles. The summed E-state index contributed by atoms with van der Waals surface area (Å²) in [4.78, 5) is 6.45. The number of nitrogens with zero attached hydrogens (tertiary/aromatic N) is 2. The van der Waals surface area contributed by atoms with Gasteiger partial charge >= 0.3 is 6.18 Å². The number of hydrogen-bond acceptors (Lipinski definition) is 4. The Morgan fingerprint density at radius 3 is 2.71 bits per heavy atom. The number of aromatic nitrogens is 1. The molecule has 130 valence electrons. The Kier molecular flexibility index (Phi) is 3.61. The van der Waals surface area contributed by atoms with Crippen LogP contribution < -0.4 is 0 Å². The Balaban J connectivity index is 1.73. The fourth-order valence-electron chi connectivity index (χ4n) is 3.56. The number of alkyl halides is 3. The molecule has 7 heteroatoms. The van der Waals surface area contributed by atoms with E-state index in [1.165, 1.54) is 6.07 Å². The van der Waals surface area contributed by atoms with Gasteiger partial charge in [0.25, 0.3) is 0 Å². The zero-order valence-electron chi connectivity index (χ0n) is 13.6. The second kappa shape index (κ2) is 5.46. The van der Waals surface area contributed by atoms with Crippen molar-refractivity contribution in [2.45, 2.75) is 51.1 Å². The van der Waals surface area contributed by atoms with Gasteiger partial charge in [-0.3, -0.25) is 4.90 Å².